The topological polar surface area (TPSA) is 97.0 Å². The number of hydrogen-bond donors (Lipinski definition) is 1. The minimum Gasteiger partial charge on any atom is -0.502 e. The molecule has 1 aliphatic heterocycles. The number of rotatable bonds is 3. The summed E-state index contributed by atoms with van der Waals surface area (Å²) in [6.45, 7) is 1.08. The summed E-state index contributed by atoms with van der Waals surface area (Å²) in [5.74, 6) is -4.57. The molecule has 1 saturated heterocycles. The van der Waals surface area contributed by atoms with Crippen LogP contribution in [0.4, 0.5) is 10.3 Å². The maximum atomic E-state index is 14.0. The molecule has 24 heavy (non-hydrogen) atoms. The lowest BCUT2D eigenvalue weighted by molar-refractivity contribution is -0.132. The van der Waals surface area contributed by atoms with Gasteiger partial charge < -0.3 is 14.3 Å². The highest BCUT2D eigenvalue weighted by Crippen LogP contribution is 2.49. The summed E-state index contributed by atoms with van der Waals surface area (Å²) >= 11 is 0. The molecule has 0 atom stereocenters. The highest BCUT2D eigenvalue weighted by molar-refractivity contribution is 6.20. The number of imide groups is 1. The molecule has 0 radical (unpaired) electrons. The van der Waals surface area contributed by atoms with Crippen molar-refractivity contribution < 1.29 is 33.0 Å². The fourth-order valence-corrected chi connectivity index (χ4v) is 2.41. The van der Waals surface area contributed by atoms with E-state index < -0.39 is 41.0 Å². The van der Waals surface area contributed by atoms with Gasteiger partial charge in [-0.15, -0.1) is 0 Å². The summed E-state index contributed by atoms with van der Waals surface area (Å²) < 4.78 is 24.2. The second-order valence-corrected chi connectivity index (χ2v) is 5.11. The Morgan fingerprint density at radius 1 is 1.25 bits per heavy atom. The minimum absolute atomic E-state index is 0.0329. The van der Waals surface area contributed by atoms with Crippen LogP contribution in [-0.4, -0.2) is 22.9 Å². The molecule has 2 aromatic rings. The Morgan fingerprint density at radius 3 is 2.46 bits per heavy atom. The van der Waals surface area contributed by atoms with Gasteiger partial charge in [0.25, 0.3) is 5.88 Å². The number of carbonyl (C=O) groups excluding carboxylic acids is 3. The minimum atomic E-state index is -0.800. The van der Waals surface area contributed by atoms with Gasteiger partial charge in [-0.05, 0) is 12.1 Å². The van der Waals surface area contributed by atoms with Crippen LogP contribution >= 0.6 is 0 Å². The van der Waals surface area contributed by atoms with Crippen molar-refractivity contribution in [3.63, 3.8) is 0 Å². The van der Waals surface area contributed by atoms with Crippen molar-refractivity contribution in [3.8, 4) is 22.8 Å². The van der Waals surface area contributed by atoms with Crippen molar-refractivity contribution in [1.29, 1.82) is 0 Å². The van der Waals surface area contributed by atoms with Gasteiger partial charge in [0.2, 0.25) is 23.3 Å². The Morgan fingerprint density at radius 2 is 1.88 bits per heavy atom. The van der Waals surface area contributed by atoms with E-state index >= 15 is 0 Å². The van der Waals surface area contributed by atoms with Gasteiger partial charge in [0, 0.05) is 19.8 Å². The molecule has 0 bridgehead atoms. The highest BCUT2D eigenvalue weighted by atomic mass is 19.1. The maximum Gasteiger partial charge on any atom is 0.308 e. The first-order chi connectivity index (χ1) is 11.4. The number of benzene rings is 1. The van der Waals surface area contributed by atoms with Gasteiger partial charge in [0.15, 0.2) is 5.76 Å². The fourth-order valence-electron chi connectivity index (χ4n) is 2.41. The van der Waals surface area contributed by atoms with E-state index in [9.17, 15) is 23.9 Å². The number of esters is 1. The number of anilines is 1. The van der Waals surface area contributed by atoms with Gasteiger partial charge in [-0.2, -0.15) is 0 Å². The van der Waals surface area contributed by atoms with Crippen molar-refractivity contribution in [2.75, 3.05) is 4.90 Å². The zero-order valence-electron chi connectivity index (χ0n) is 12.5. The van der Waals surface area contributed by atoms with Crippen molar-refractivity contribution >= 4 is 23.7 Å². The standard InChI is InChI=1S/C16H12FNO6/c1-8(19)23-15-13(22)14(9-4-2-3-5-10(9)17)24-16(15)18-11(20)6-7-12(18)21/h2-5,22H,6-7H2,1H3. The Bertz CT molecular complexity index is 840. The molecule has 1 aromatic heterocycles. The second-order valence-electron chi connectivity index (χ2n) is 5.11. The van der Waals surface area contributed by atoms with Gasteiger partial charge in [-0.3, -0.25) is 14.4 Å². The lowest BCUT2D eigenvalue weighted by atomic mass is 10.1. The van der Waals surface area contributed by atoms with Crippen LogP contribution < -0.4 is 9.64 Å². The van der Waals surface area contributed by atoms with E-state index in [2.05, 4.69) is 0 Å². The molecule has 0 aliphatic carbocycles. The first-order valence-electron chi connectivity index (χ1n) is 7.05. The van der Waals surface area contributed by atoms with E-state index in [-0.39, 0.29) is 24.2 Å². The van der Waals surface area contributed by atoms with Gasteiger partial charge in [0.05, 0.1) is 5.56 Å². The number of furan rings is 1. The third-order valence-electron chi connectivity index (χ3n) is 3.44. The molecule has 0 spiro atoms. The van der Waals surface area contributed by atoms with Crippen molar-refractivity contribution in [2.24, 2.45) is 0 Å². The molecule has 1 aliphatic rings. The SMILES string of the molecule is CC(=O)Oc1c(N2C(=O)CCC2=O)oc(-c2ccccc2F)c1O. The van der Waals surface area contributed by atoms with Gasteiger partial charge in [0.1, 0.15) is 5.82 Å². The molecule has 1 aromatic carbocycles. The van der Waals surface area contributed by atoms with Crippen molar-refractivity contribution in [3.05, 3.63) is 30.1 Å². The summed E-state index contributed by atoms with van der Waals surface area (Å²) in [5, 5.41) is 10.3. The van der Waals surface area contributed by atoms with E-state index in [0.29, 0.717) is 4.90 Å². The summed E-state index contributed by atoms with van der Waals surface area (Å²) in [6, 6.07) is 5.44. The van der Waals surface area contributed by atoms with E-state index in [1.54, 1.807) is 0 Å². The van der Waals surface area contributed by atoms with Crippen LogP contribution in [-0.2, 0) is 14.4 Å². The molecule has 1 fully saturated rings. The molecule has 8 heteroatoms. The number of ether oxygens (including phenoxy) is 1. The largest absolute Gasteiger partial charge is 0.502 e. The molecule has 0 saturated carbocycles. The lowest BCUT2D eigenvalue weighted by Gasteiger charge is -2.11. The van der Waals surface area contributed by atoms with E-state index in [1.165, 1.54) is 18.2 Å². The highest BCUT2D eigenvalue weighted by Gasteiger charge is 2.38. The first kappa shape index (κ1) is 15.7. The van der Waals surface area contributed by atoms with Crippen LogP contribution in [0.25, 0.3) is 11.3 Å². The van der Waals surface area contributed by atoms with Gasteiger partial charge in [-0.25, -0.2) is 9.29 Å². The van der Waals surface area contributed by atoms with E-state index in [0.717, 1.165) is 13.0 Å². The Balaban J connectivity index is 2.20. The number of hydrogen-bond acceptors (Lipinski definition) is 6. The van der Waals surface area contributed by atoms with Crippen LogP contribution in [0.15, 0.2) is 28.7 Å². The molecule has 3 rings (SSSR count). The van der Waals surface area contributed by atoms with Crippen LogP contribution in [0.1, 0.15) is 19.8 Å². The van der Waals surface area contributed by atoms with Gasteiger partial charge >= 0.3 is 5.97 Å². The maximum absolute atomic E-state index is 14.0. The van der Waals surface area contributed by atoms with Crippen LogP contribution in [0.5, 0.6) is 11.5 Å². The average molecular weight is 333 g/mol. The monoisotopic (exact) mass is 333 g/mol. The number of aromatic hydroxyl groups is 1. The third kappa shape index (κ3) is 2.51. The molecular weight excluding hydrogens is 321 g/mol. The average Bonchev–Trinajstić information content (AvgIpc) is 3.01. The quantitative estimate of drug-likeness (QED) is 0.684. The predicted octanol–water partition coefficient (Wildman–Crippen LogP) is 2.37. The fraction of sp³-hybridized carbons (Fsp3) is 0.188. The molecule has 2 heterocycles. The predicted molar refractivity (Wildman–Crippen MR) is 78.8 cm³/mol. The molecular formula is C16H12FNO6. The number of halogens is 1. The molecule has 7 nitrogen and oxygen atoms in total. The molecule has 0 unspecified atom stereocenters. The number of carbonyl (C=O) groups is 3. The number of nitrogens with zero attached hydrogens (tertiary/aromatic N) is 1. The smallest absolute Gasteiger partial charge is 0.308 e. The van der Waals surface area contributed by atoms with Gasteiger partial charge in [-0.1, -0.05) is 12.1 Å². The Labute approximate surface area is 135 Å². The zero-order chi connectivity index (χ0) is 17.4. The van der Waals surface area contributed by atoms with Crippen LogP contribution in [0.3, 0.4) is 0 Å². The molecule has 2 amide bonds. The van der Waals surface area contributed by atoms with E-state index in [1.807, 2.05) is 0 Å². The van der Waals surface area contributed by atoms with Crippen molar-refractivity contribution in [1.82, 2.24) is 0 Å². The summed E-state index contributed by atoms with van der Waals surface area (Å²) in [6.07, 6.45) is -0.0658. The summed E-state index contributed by atoms with van der Waals surface area (Å²) in [4.78, 5) is 35.7. The Hall–Kier alpha value is -3.16. The second kappa shape index (κ2) is 5.80. The molecule has 124 valence electrons. The van der Waals surface area contributed by atoms with Crippen LogP contribution in [0, 0.1) is 5.82 Å². The normalized spacial score (nSPS) is 14.3. The lowest BCUT2D eigenvalue weighted by Crippen LogP contribution is -2.28. The van der Waals surface area contributed by atoms with E-state index in [4.69, 9.17) is 9.15 Å². The summed E-state index contributed by atoms with van der Waals surface area (Å²) in [5.41, 5.74) is -0.103. The number of amides is 2. The van der Waals surface area contributed by atoms with Crippen molar-refractivity contribution in [2.45, 2.75) is 19.8 Å². The first-order valence-corrected chi connectivity index (χ1v) is 7.05. The van der Waals surface area contributed by atoms with Crippen LogP contribution in [0.2, 0.25) is 0 Å². The Kier molecular flexibility index (Phi) is 3.80. The third-order valence-corrected chi connectivity index (χ3v) is 3.44. The summed E-state index contributed by atoms with van der Waals surface area (Å²) in [7, 11) is 0. The zero-order valence-corrected chi connectivity index (χ0v) is 12.5. The molecule has 1 N–H and O–H groups in total.